The number of methoxy groups -OCH3 is 1. The highest BCUT2D eigenvalue weighted by Crippen LogP contribution is 2.14. The SMILES string of the molecule is COC(=O)C(COC(=O)N1CCCN(Cc2ccc(CN3CCCNCCNCCCNCC3)cc2)CCNCCCNCC1)NC(=O)c1ccc(NCc2cnc3nc(N)[nH]c(=O)c3n2)cc1. The van der Waals surface area contributed by atoms with E-state index in [1.807, 2.05) is 0 Å². The van der Waals surface area contributed by atoms with Gasteiger partial charge in [0.25, 0.3) is 11.5 Å². The molecule has 21 heteroatoms. The molecule has 0 radical (unpaired) electrons. The molecule has 2 amide bonds. The van der Waals surface area contributed by atoms with Crippen LogP contribution in [0.4, 0.5) is 16.4 Å². The highest BCUT2D eigenvalue weighted by Gasteiger charge is 2.26. The number of hydrogen-bond donors (Lipinski definition) is 9. The van der Waals surface area contributed by atoms with E-state index in [0.717, 1.165) is 117 Å². The number of esters is 1. The number of nitrogen functional groups attached to an aromatic ring is 1. The van der Waals surface area contributed by atoms with Gasteiger partial charge in [-0.2, -0.15) is 4.98 Å². The molecular weight excluding hydrogens is 871 g/mol. The second kappa shape index (κ2) is 28.5. The molecule has 21 nitrogen and oxygen atoms in total. The minimum Gasteiger partial charge on any atom is -0.467 e. The lowest BCUT2D eigenvalue weighted by molar-refractivity contribution is -0.143. The summed E-state index contributed by atoms with van der Waals surface area (Å²) in [5.74, 6) is -1.34. The van der Waals surface area contributed by atoms with Crippen molar-refractivity contribution in [3.8, 4) is 0 Å². The number of benzene rings is 2. The fraction of sp³-hybridized carbons (Fsp3) is 0.553. The molecule has 2 aromatic carbocycles. The fourth-order valence-corrected chi connectivity index (χ4v) is 7.97. The van der Waals surface area contributed by atoms with E-state index in [4.69, 9.17) is 15.2 Å². The molecule has 2 aromatic heterocycles. The van der Waals surface area contributed by atoms with Gasteiger partial charge in [0.15, 0.2) is 17.2 Å². The number of H-pyrrole nitrogens is 1. The van der Waals surface area contributed by atoms with Gasteiger partial charge in [-0.05, 0) is 100 Å². The highest BCUT2D eigenvalue weighted by molar-refractivity contribution is 5.97. The number of ether oxygens (including phenoxy) is 2. The van der Waals surface area contributed by atoms with Crippen LogP contribution in [-0.2, 0) is 33.9 Å². The molecule has 0 spiro atoms. The van der Waals surface area contributed by atoms with E-state index in [9.17, 15) is 19.2 Å². The van der Waals surface area contributed by atoms with Crippen molar-refractivity contribution < 1.29 is 23.9 Å². The van der Waals surface area contributed by atoms with Crippen LogP contribution in [0.3, 0.4) is 0 Å². The topological polar surface area (TPSA) is 261 Å². The van der Waals surface area contributed by atoms with Gasteiger partial charge in [-0.25, -0.2) is 19.6 Å². The van der Waals surface area contributed by atoms with E-state index in [-0.39, 0.29) is 29.2 Å². The molecule has 4 aromatic rings. The van der Waals surface area contributed by atoms with Gasteiger partial charge in [-0.3, -0.25) is 24.4 Å². The van der Waals surface area contributed by atoms with Crippen molar-refractivity contribution in [2.75, 3.05) is 129 Å². The lowest BCUT2D eigenvalue weighted by atomic mass is 10.1. The Morgan fingerprint density at radius 3 is 1.93 bits per heavy atom. The Labute approximate surface area is 398 Å². The molecule has 0 bridgehead atoms. The number of anilines is 2. The van der Waals surface area contributed by atoms with Gasteiger partial charge in [0.05, 0.1) is 25.5 Å². The lowest BCUT2D eigenvalue weighted by Crippen LogP contribution is -2.47. The zero-order chi connectivity index (χ0) is 47.8. The smallest absolute Gasteiger partial charge is 0.409 e. The zero-order valence-electron chi connectivity index (χ0n) is 39.5. The summed E-state index contributed by atoms with van der Waals surface area (Å²) in [4.78, 5) is 73.5. The maximum absolute atomic E-state index is 13.6. The number of rotatable bonds is 12. The van der Waals surface area contributed by atoms with Crippen molar-refractivity contribution in [3.05, 3.63) is 87.5 Å². The van der Waals surface area contributed by atoms with Crippen LogP contribution in [0, 0.1) is 0 Å². The Morgan fingerprint density at radius 2 is 1.29 bits per heavy atom. The zero-order valence-corrected chi connectivity index (χ0v) is 39.5. The summed E-state index contributed by atoms with van der Waals surface area (Å²) in [5, 5.41) is 23.5. The lowest BCUT2D eigenvalue weighted by Gasteiger charge is -2.27. The number of nitrogens with two attached hydrogens (primary N) is 1. The van der Waals surface area contributed by atoms with Gasteiger partial charge < -0.3 is 57.3 Å². The molecule has 2 saturated heterocycles. The highest BCUT2D eigenvalue weighted by atomic mass is 16.6. The van der Waals surface area contributed by atoms with Gasteiger partial charge in [0.2, 0.25) is 5.95 Å². The van der Waals surface area contributed by atoms with Gasteiger partial charge in [0, 0.05) is 89.8 Å². The Bertz CT molecular complexity index is 2200. The number of carbonyl (C=O) groups excluding carboxylic acids is 3. The predicted octanol–water partition coefficient (Wildman–Crippen LogP) is 0.457. The summed E-state index contributed by atoms with van der Waals surface area (Å²) in [5.41, 5.74) is 9.30. The first-order valence-electron chi connectivity index (χ1n) is 24.0. The Balaban J connectivity index is 0.983. The molecule has 68 heavy (non-hydrogen) atoms. The number of aromatic nitrogens is 4. The predicted molar refractivity (Wildman–Crippen MR) is 262 cm³/mol. The summed E-state index contributed by atoms with van der Waals surface area (Å²) in [6.45, 7) is 15.3. The van der Waals surface area contributed by atoms with Crippen LogP contribution in [-0.4, -0.2) is 177 Å². The van der Waals surface area contributed by atoms with E-state index in [1.165, 1.54) is 24.4 Å². The maximum atomic E-state index is 13.6. The van der Waals surface area contributed by atoms with Crippen LogP contribution in [0.15, 0.2) is 59.5 Å². The van der Waals surface area contributed by atoms with E-state index >= 15 is 0 Å². The third kappa shape index (κ3) is 17.7. The fourth-order valence-electron chi connectivity index (χ4n) is 7.97. The molecule has 0 aliphatic carbocycles. The number of amides is 2. The quantitative estimate of drug-likeness (QED) is 0.0874. The van der Waals surface area contributed by atoms with Crippen LogP contribution < -0.4 is 48.5 Å². The van der Waals surface area contributed by atoms with Gasteiger partial charge in [-0.15, -0.1) is 0 Å². The van der Waals surface area contributed by atoms with E-state index in [0.29, 0.717) is 37.4 Å². The van der Waals surface area contributed by atoms with Crippen LogP contribution >= 0.6 is 0 Å². The number of nitrogens with zero attached hydrogens (tertiary/aromatic N) is 6. The Kier molecular flexibility index (Phi) is 21.6. The largest absolute Gasteiger partial charge is 0.467 e. The number of nitrogens with one attached hydrogen (secondary N) is 8. The molecule has 1 unspecified atom stereocenters. The summed E-state index contributed by atoms with van der Waals surface area (Å²) in [6, 6.07) is 14.3. The number of hydrogen-bond acceptors (Lipinski definition) is 18. The van der Waals surface area contributed by atoms with Crippen molar-refractivity contribution >= 4 is 40.8 Å². The summed E-state index contributed by atoms with van der Waals surface area (Å²) >= 11 is 0. The summed E-state index contributed by atoms with van der Waals surface area (Å²) in [6.07, 6.45) is 4.83. The Morgan fingerprint density at radius 1 is 0.706 bits per heavy atom. The minimum atomic E-state index is -1.24. The van der Waals surface area contributed by atoms with Crippen molar-refractivity contribution in [2.45, 2.75) is 51.4 Å². The second-order valence-electron chi connectivity index (χ2n) is 17.1. The monoisotopic (exact) mass is 942 g/mol. The molecule has 2 aliphatic rings. The molecule has 1 atom stereocenters. The molecule has 2 fully saturated rings. The van der Waals surface area contributed by atoms with Crippen molar-refractivity contribution in [3.63, 3.8) is 0 Å². The first kappa shape index (κ1) is 51.6. The van der Waals surface area contributed by atoms with E-state index in [2.05, 4.69) is 91.2 Å². The summed E-state index contributed by atoms with van der Waals surface area (Å²) < 4.78 is 10.7. The first-order valence-corrected chi connectivity index (χ1v) is 24.0. The minimum absolute atomic E-state index is 0.0433. The van der Waals surface area contributed by atoms with Crippen LogP contribution in [0.5, 0.6) is 0 Å². The third-order valence-electron chi connectivity index (χ3n) is 11.8. The molecule has 6 rings (SSSR count). The molecule has 2 aliphatic heterocycles. The van der Waals surface area contributed by atoms with E-state index < -0.39 is 36.2 Å². The molecule has 370 valence electrons. The van der Waals surface area contributed by atoms with Gasteiger partial charge >= 0.3 is 12.1 Å². The number of carbonyl (C=O) groups is 3. The first-order chi connectivity index (χ1) is 33.2. The third-order valence-corrected chi connectivity index (χ3v) is 11.8. The van der Waals surface area contributed by atoms with Crippen LogP contribution in [0.1, 0.15) is 52.9 Å². The normalized spacial score (nSPS) is 17.8. The average Bonchev–Trinajstić information content (AvgIpc) is 3.34. The van der Waals surface area contributed by atoms with Gasteiger partial charge in [0.1, 0.15) is 6.61 Å². The van der Waals surface area contributed by atoms with Crippen LogP contribution in [0.2, 0.25) is 0 Å². The average molecular weight is 942 g/mol. The standard InChI is InChI=1S/C47H71N15O6/c1-67-45(65)40(57-43(63)37-10-12-38(13-11-37)54-30-39-31-55-42-41(56-39)44(64)59-46(48)58-42)34-68-47(66)62-26-5-25-61(28-22-52-16-3-17-53-23-29-62)33-36-8-6-35(7-9-36)32-60-24-4-18-50-20-19-49-14-2-15-51-21-27-60/h6-13,31,40,49-54H,2-5,14-30,32-34H2,1H3,(H,57,63)(H3,48,55,58,59,64). The van der Waals surface area contributed by atoms with Crippen molar-refractivity contribution in [2.24, 2.45) is 0 Å². The Hall–Kier alpha value is -5.81. The van der Waals surface area contributed by atoms with Gasteiger partial charge in [-0.1, -0.05) is 24.3 Å². The van der Waals surface area contributed by atoms with Crippen molar-refractivity contribution in [1.82, 2.24) is 66.5 Å². The number of fused-ring (bicyclic) bond motifs is 1. The summed E-state index contributed by atoms with van der Waals surface area (Å²) in [7, 11) is 1.21. The second-order valence-corrected chi connectivity index (χ2v) is 17.1. The molecule has 10 N–H and O–H groups in total. The molecule has 4 heterocycles. The molecular formula is C47H71N15O6. The molecule has 0 saturated carbocycles. The number of aromatic amines is 1. The van der Waals surface area contributed by atoms with E-state index in [1.54, 1.807) is 29.2 Å². The van der Waals surface area contributed by atoms with Crippen molar-refractivity contribution in [1.29, 1.82) is 0 Å². The maximum Gasteiger partial charge on any atom is 0.409 e. The van der Waals surface area contributed by atoms with Crippen LogP contribution in [0.25, 0.3) is 11.2 Å².